The molecule has 0 aliphatic heterocycles. The number of amides is 2. The highest BCUT2D eigenvalue weighted by molar-refractivity contribution is 5.92. The Morgan fingerprint density at radius 2 is 1.87 bits per heavy atom. The van der Waals surface area contributed by atoms with Crippen molar-refractivity contribution in [1.82, 2.24) is 20.2 Å². The van der Waals surface area contributed by atoms with Crippen molar-refractivity contribution >= 4 is 11.8 Å². The first kappa shape index (κ1) is 19.0. The highest BCUT2D eigenvalue weighted by atomic mass is 16.5. The van der Waals surface area contributed by atoms with Gasteiger partial charge in [0.05, 0.1) is 25.1 Å². The molecular formula is C15H24N4O4. The Morgan fingerprint density at radius 3 is 2.48 bits per heavy atom. The van der Waals surface area contributed by atoms with Crippen LogP contribution in [-0.4, -0.2) is 73.7 Å². The van der Waals surface area contributed by atoms with E-state index in [1.807, 2.05) is 0 Å². The van der Waals surface area contributed by atoms with E-state index in [1.54, 1.807) is 32.2 Å². The van der Waals surface area contributed by atoms with Crippen LogP contribution in [-0.2, 0) is 14.3 Å². The van der Waals surface area contributed by atoms with Crippen molar-refractivity contribution in [2.45, 2.75) is 13.3 Å². The molecule has 1 heterocycles. The van der Waals surface area contributed by atoms with Crippen LogP contribution < -0.4 is 5.32 Å². The molecule has 0 bridgehead atoms. The molecule has 0 atom stereocenters. The fraction of sp³-hybridized carbons (Fsp3) is 0.600. The Hall–Kier alpha value is -2.06. The van der Waals surface area contributed by atoms with Crippen molar-refractivity contribution in [2.24, 2.45) is 0 Å². The van der Waals surface area contributed by atoms with E-state index in [2.05, 4.69) is 15.3 Å². The number of nitrogens with one attached hydrogen (secondary N) is 1. The third-order valence-electron chi connectivity index (χ3n) is 3.09. The number of nitrogens with zero attached hydrogens (tertiary/aromatic N) is 3. The van der Waals surface area contributed by atoms with E-state index in [1.165, 1.54) is 6.20 Å². The maximum atomic E-state index is 12.5. The van der Waals surface area contributed by atoms with Crippen molar-refractivity contribution in [2.75, 3.05) is 47.1 Å². The molecule has 0 saturated heterocycles. The molecule has 128 valence electrons. The molecule has 0 saturated carbocycles. The summed E-state index contributed by atoms with van der Waals surface area (Å²) in [5.74, 6) is -0.397. The van der Waals surface area contributed by atoms with Gasteiger partial charge >= 0.3 is 0 Å². The summed E-state index contributed by atoms with van der Waals surface area (Å²) < 4.78 is 9.88. The Balaban J connectivity index is 2.59. The maximum absolute atomic E-state index is 12.5. The summed E-state index contributed by atoms with van der Waals surface area (Å²) in [5.41, 5.74) is 0.994. The number of hydrogen-bond acceptors (Lipinski definition) is 6. The molecule has 0 spiro atoms. The second-order valence-corrected chi connectivity index (χ2v) is 4.92. The number of aromatic nitrogens is 2. The number of methoxy groups -OCH3 is 2. The first-order valence-corrected chi connectivity index (χ1v) is 7.41. The lowest BCUT2D eigenvalue weighted by Gasteiger charge is -2.21. The minimum absolute atomic E-state index is 0.132. The smallest absolute Gasteiger partial charge is 0.274 e. The molecule has 1 rings (SSSR count). The van der Waals surface area contributed by atoms with Gasteiger partial charge in [0.25, 0.3) is 5.91 Å². The zero-order valence-corrected chi connectivity index (χ0v) is 13.9. The SMILES string of the molecule is COCCNC(=O)CCN(CCOC)C(=O)c1cnc(C)cn1. The molecular weight excluding hydrogens is 300 g/mol. The normalized spacial score (nSPS) is 10.4. The van der Waals surface area contributed by atoms with Crippen molar-refractivity contribution in [3.63, 3.8) is 0 Å². The quantitative estimate of drug-likeness (QED) is 0.610. The lowest BCUT2D eigenvalue weighted by Crippen LogP contribution is -2.38. The van der Waals surface area contributed by atoms with Crippen LogP contribution in [0.15, 0.2) is 12.4 Å². The highest BCUT2D eigenvalue weighted by Crippen LogP contribution is 2.03. The van der Waals surface area contributed by atoms with E-state index in [9.17, 15) is 9.59 Å². The average molecular weight is 324 g/mol. The molecule has 0 aliphatic carbocycles. The molecule has 1 aromatic heterocycles. The van der Waals surface area contributed by atoms with E-state index in [4.69, 9.17) is 9.47 Å². The third kappa shape index (κ3) is 7.16. The maximum Gasteiger partial charge on any atom is 0.274 e. The number of hydrogen-bond donors (Lipinski definition) is 1. The second-order valence-electron chi connectivity index (χ2n) is 4.92. The number of rotatable bonds is 10. The molecule has 8 heteroatoms. The van der Waals surface area contributed by atoms with E-state index >= 15 is 0 Å². The van der Waals surface area contributed by atoms with Gasteiger partial charge in [-0.3, -0.25) is 14.6 Å². The summed E-state index contributed by atoms with van der Waals surface area (Å²) >= 11 is 0. The Bertz CT molecular complexity index is 493. The zero-order chi connectivity index (χ0) is 17.1. The summed E-state index contributed by atoms with van der Waals surface area (Å²) in [6.45, 7) is 3.76. The summed E-state index contributed by atoms with van der Waals surface area (Å²) in [6, 6.07) is 0. The van der Waals surface area contributed by atoms with E-state index in [0.717, 1.165) is 5.69 Å². The van der Waals surface area contributed by atoms with Gasteiger partial charge in [-0.25, -0.2) is 4.98 Å². The largest absolute Gasteiger partial charge is 0.383 e. The molecule has 1 N–H and O–H groups in total. The van der Waals surface area contributed by atoms with Crippen LogP contribution in [0.3, 0.4) is 0 Å². The van der Waals surface area contributed by atoms with Crippen LogP contribution in [0, 0.1) is 6.92 Å². The van der Waals surface area contributed by atoms with Crippen molar-refractivity contribution < 1.29 is 19.1 Å². The first-order valence-electron chi connectivity index (χ1n) is 7.41. The van der Waals surface area contributed by atoms with Crippen LogP contribution in [0.25, 0.3) is 0 Å². The van der Waals surface area contributed by atoms with E-state index < -0.39 is 0 Å². The minimum Gasteiger partial charge on any atom is -0.383 e. The molecule has 8 nitrogen and oxygen atoms in total. The number of carbonyl (C=O) groups is 2. The van der Waals surface area contributed by atoms with E-state index in [0.29, 0.717) is 26.3 Å². The van der Waals surface area contributed by atoms with Gasteiger partial charge in [0.15, 0.2) is 0 Å². The Kier molecular flexibility index (Phi) is 8.78. The lowest BCUT2D eigenvalue weighted by atomic mass is 10.3. The van der Waals surface area contributed by atoms with Crippen LogP contribution >= 0.6 is 0 Å². The third-order valence-corrected chi connectivity index (χ3v) is 3.09. The van der Waals surface area contributed by atoms with Crippen LogP contribution in [0.5, 0.6) is 0 Å². The van der Waals surface area contributed by atoms with Crippen LogP contribution in [0.1, 0.15) is 22.6 Å². The number of ether oxygens (including phenoxy) is 2. The van der Waals surface area contributed by atoms with Crippen molar-refractivity contribution in [3.8, 4) is 0 Å². The zero-order valence-electron chi connectivity index (χ0n) is 13.9. The summed E-state index contributed by atoms with van der Waals surface area (Å²) in [7, 11) is 3.13. The summed E-state index contributed by atoms with van der Waals surface area (Å²) in [5, 5.41) is 2.72. The predicted octanol–water partition coefficient (Wildman–Crippen LogP) is 0.0263. The van der Waals surface area contributed by atoms with Crippen molar-refractivity contribution in [1.29, 1.82) is 0 Å². The summed E-state index contributed by atoms with van der Waals surface area (Å²) in [4.78, 5) is 33.9. The Labute approximate surface area is 136 Å². The lowest BCUT2D eigenvalue weighted by molar-refractivity contribution is -0.121. The number of aryl methyl sites for hydroxylation is 1. The van der Waals surface area contributed by atoms with Gasteiger partial charge in [0.1, 0.15) is 5.69 Å². The number of carbonyl (C=O) groups excluding carboxylic acids is 2. The van der Waals surface area contributed by atoms with Gasteiger partial charge < -0.3 is 19.7 Å². The van der Waals surface area contributed by atoms with Crippen LogP contribution in [0.2, 0.25) is 0 Å². The van der Waals surface area contributed by atoms with Gasteiger partial charge in [-0.1, -0.05) is 0 Å². The second kappa shape index (κ2) is 10.6. The van der Waals surface area contributed by atoms with Gasteiger partial charge in [0.2, 0.25) is 5.91 Å². The first-order chi connectivity index (χ1) is 11.1. The van der Waals surface area contributed by atoms with Gasteiger partial charge in [-0.05, 0) is 6.92 Å². The molecule has 0 radical (unpaired) electrons. The van der Waals surface area contributed by atoms with Crippen molar-refractivity contribution in [3.05, 3.63) is 23.8 Å². The molecule has 23 heavy (non-hydrogen) atoms. The Morgan fingerprint density at radius 1 is 1.13 bits per heavy atom. The van der Waals surface area contributed by atoms with Crippen LogP contribution in [0.4, 0.5) is 0 Å². The van der Waals surface area contributed by atoms with Gasteiger partial charge in [0, 0.05) is 46.5 Å². The topological polar surface area (TPSA) is 93.7 Å². The standard InChI is InChI=1S/C15H24N4O4/c1-12-10-18-13(11-17-12)15(21)19(7-9-23-3)6-4-14(20)16-5-8-22-2/h10-11H,4-9H2,1-3H3,(H,16,20). The van der Waals surface area contributed by atoms with Gasteiger partial charge in [-0.2, -0.15) is 0 Å². The fourth-order valence-electron chi connectivity index (χ4n) is 1.80. The highest BCUT2D eigenvalue weighted by Gasteiger charge is 2.18. The van der Waals surface area contributed by atoms with E-state index in [-0.39, 0.29) is 30.5 Å². The predicted molar refractivity (Wildman–Crippen MR) is 84.1 cm³/mol. The molecule has 0 unspecified atom stereocenters. The molecule has 2 amide bonds. The molecule has 0 aliphatic rings. The summed E-state index contributed by atoms with van der Waals surface area (Å²) in [6.07, 6.45) is 3.19. The minimum atomic E-state index is -0.265. The molecule has 1 aromatic rings. The average Bonchev–Trinajstić information content (AvgIpc) is 2.55. The molecule has 0 aromatic carbocycles. The fourth-order valence-corrected chi connectivity index (χ4v) is 1.80. The van der Waals surface area contributed by atoms with Gasteiger partial charge in [-0.15, -0.1) is 0 Å². The molecule has 0 fully saturated rings. The monoisotopic (exact) mass is 324 g/mol.